The number of benzene rings is 3. The van der Waals surface area contributed by atoms with E-state index in [-0.39, 0.29) is 17.8 Å². The summed E-state index contributed by atoms with van der Waals surface area (Å²) in [5, 5.41) is 3.39. The first-order valence-electron chi connectivity index (χ1n) is 11.6. The van der Waals surface area contributed by atoms with Gasteiger partial charge < -0.3 is 10.1 Å². The number of thioether (sulfide) groups is 1. The van der Waals surface area contributed by atoms with Crippen LogP contribution in [0.2, 0.25) is 0 Å². The SMILES string of the molecule is CC(=O)NCCc1ccc(O[C@@H]2CCC[C@H](Sc3ccccc3)C2)cc1-c1cccc(F)c1. The number of rotatable bonds is 8. The summed E-state index contributed by atoms with van der Waals surface area (Å²) in [6, 6.07) is 23.2. The summed E-state index contributed by atoms with van der Waals surface area (Å²) in [4.78, 5) is 12.6. The number of ether oxygens (including phenoxy) is 1. The minimum absolute atomic E-state index is 0.0533. The molecule has 4 rings (SSSR count). The Labute approximate surface area is 199 Å². The molecule has 1 amide bonds. The maximum absolute atomic E-state index is 13.9. The van der Waals surface area contributed by atoms with E-state index in [0.29, 0.717) is 18.2 Å². The van der Waals surface area contributed by atoms with Crippen molar-refractivity contribution in [1.29, 1.82) is 0 Å². The molecule has 1 aliphatic carbocycles. The van der Waals surface area contributed by atoms with Crippen molar-refractivity contribution in [1.82, 2.24) is 5.32 Å². The molecule has 0 unspecified atom stereocenters. The van der Waals surface area contributed by atoms with Crippen molar-refractivity contribution >= 4 is 17.7 Å². The second-order valence-electron chi connectivity index (χ2n) is 8.52. The number of hydrogen-bond donors (Lipinski definition) is 1. The summed E-state index contributed by atoms with van der Waals surface area (Å²) < 4.78 is 20.4. The molecule has 0 saturated heterocycles. The lowest BCUT2D eigenvalue weighted by Crippen LogP contribution is -2.26. The molecule has 3 aromatic carbocycles. The lowest BCUT2D eigenvalue weighted by atomic mass is 9.96. The molecule has 0 heterocycles. The van der Waals surface area contributed by atoms with E-state index < -0.39 is 0 Å². The van der Waals surface area contributed by atoms with E-state index in [2.05, 4.69) is 29.6 Å². The van der Waals surface area contributed by atoms with Crippen molar-refractivity contribution in [2.24, 2.45) is 0 Å². The highest BCUT2D eigenvalue weighted by atomic mass is 32.2. The highest BCUT2D eigenvalue weighted by Gasteiger charge is 2.24. The van der Waals surface area contributed by atoms with Gasteiger partial charge in [-0.05, 0) is 85.2 Å². The topological polar surface area (TPSA) is 38.3 Å². The first-order valence-corrected chi connectivity index (χ1v) is 12.5. The normalized spacial score (nSPS) is 18.0. The smallest absolute Gasteiger partial charge is 0.216 e. The molecule has 0 aliphatic heterocycles. The van der Waals surface area contributed by atoms with Gasteiger partial charge in [-0.25, -0.2) is 4.39 Å². The van der Waals surface area contributed by atoms with Crippen LogP contribution in [-0.4, -0.2) is 23.8 Å². The standard InChI is InChI=1S/C28H30FNO2S/c1-20(31)30-16-15-21-13-14-25(19-28(21)22-7-5-8-23(29)17-22)32-24-9-6-12-27(18-24)33-26-10-3-2-4-11-26/h2-5,7-8,10-11,13-14,17,19,24,27H,6,9,12,15-16,18H2,1H3,(H,30,31)/t24-,27+/m1/s1. The Kier molecular flexibility index (Phi) is 8.05. The predicted molar refractivity (Wildman–Crippen MR) is 133 cm³/mol. The molecule has 172 valence electrons. The van der Waals surface area contributed by atoms with Gasteiger partial charge in [0.2, 0.25) is 5.91 Å². The molecule has 2 atom stereocenters. The summed E-state index contributed by atoms with van der Waals surface area (Å²) in [6.45, 7) is 2.05. The Morgan fingerprint density at radius 3 is 2.70 bits per heavy atom. The summed E-state index contributed by atoms with van der Waals surface area (Å²) in [5.74, 6) is 0.495. The number of halogens is 1. The molecule has 0 radical (unpaired) electrons. The minimum atomic E-state index is -0.264. The Morgan fingerprint density at radius 2 is 1.91 bits per heavy atom. The lowest BCUT2D eigenvalue weighted by Gasteiger charge is -2.29. The van der Waals surface area contributed by atoms with Gasteiger partial charge in [0.25, 0.3) is 0 Å². The van der Waals surface area contributed by atoms with E-state index in [9.17, 15) is 9.18 Å². The number of nitrogens with one attached hydrogen (secondary N) is 1. The van der Waals surface area contributed by atoms with Gasteiger partial charge in [-0.2, -0.15) is 0 Å². The van der Waals surface area contributed by atoms with Crippen LogP contribution >= 0.6 is 11.8 Å². The van der Waals surface area contributed by atoms with Gasteiger partial charge in [0, 0.05) is 23.6 Å². The molecule has 0 bridgehead atoms. The zero-order chi connectivity index (χ0) is 23.0. The van der Waals surface area contributed by atoms with E-state index in [4.69, 9.17) is 4.74 Å². The van der Waals surface area contributed by atoms with E-state index in [1.807, 2.05) is 42.1 Å². The summed E-state index contributed by atoms with van der Waals surface area (Å²) in [7, 11) is 0. The van der Waals surface area contributed by atoms with E-state index in [1.54, 1.807) is 12.1 Å². The first-order chi connectivity index (χ1) is 16.1. The highest BCUT2D eigenvalue weighted by Crippen LogP contribution is 2.36. The van der Waals surface area contributed by atoms with Crippen LogP contribution in [0.4, 0.5) is 4.39 Å². The third kappa shape index (κ3) is 6.84. The van der Waals surface area contributed by atoms with Crippen LogP contribution < -0.4 is 10.1 Å². The van der Waals surface area contributed by atoms with Crippen LogP contribution in [0.1, 0.15) is 38.2 Å². The maximum atomic E-state index is 13.9. The van der Waals surface area contributed by atoms with Gasteiger partial charge in [0.05, 0.1) is 6.10 Å². The van der Waals surface area contributed by atoms with Crippen LogP contribution in [0, 0.1) is 5.82 Å². The molecular formula is C28H30FNO2S. The average molecular weight is 464 g/mol. The van der Waals surface area contributed by atoms with Crippen molar-refractivity contribution in [3.05, 3.63) is 84.2 Å². The van der Waals surface area contributed by atoms with Gasteiger partial charge in [-0.15, -0.1) is 11.8 Å². The molecule has 1 N–H and O–H groups in total. The third-order valence-corrected chi connectivity index (χ3v) is 7.22. The monoisotopic (exact) mass is 463 g/mol. The van der Waals surface area contributed by atoms with Gasteiger partial charge >= 0.3 is 0 Å². The third-order valence-electron chi connectivity index (χ3n) is 5.91. The second-order valence-corrected chi connectivity index (χ2v) is 9.90. The summed E-state index contributed by atoms with van der Waals surface area (Å²) in [6.07, 6.45) is 5.26. The summed E-state index contributed by atoms with van der Waals surface area (Å²) >= 11 is 1.94. The lowest BCUT2D eigenvalue weighted by molar-refractivity contribution is -0.118. The summed E-state index contributed by atoms with van der Waals surface area (Å²) in [5.41, 5.74) is 2.82. The largest absolute Gasteiger partial charge is 0.490 e. The quantitative estimate of drug-likeness (QED) is 0.406. The zero-order valence-corrected chi connectivity index (χ0v) is 19.7. The molecule has 3 aromatic rings. The number of amides is 1. The van der Waals surface area contributed by atoms with Gasteiger partial charge in [-0.1, -0.05) is 36.4 Å². The van der Waals surface area contributed by atoms with E-state index in [1.165, 1.54) is 24.3 Å². The molecule has 0 aromatic heterocycles. The van der Waals surface area contributed by atoms with Crippen LogP contribution in [0.3, 0.4) is 0 Å². The van der Waals surface area contributed by atoms with E-state index >= 15 is 0 Å². The molecule has 1 aliphatic rings. The number of carbonyl (C=O) groups is 1. The molecule has 5 heteroatoms. The van der Waals surface area contributed by atoms with E-state index in [0.717, 1.165) is 41.7 Å². The Morgan fingerprint density at radius 1 is 1.06 bits per heavy atom. The molecule has 0 spiro atoms. The van der Waals surface area contributed by atoms with Crippen molar-refractivity contribution in [3.63, 3.8) is 0 Å². The average Bonchev–Trinajstić information content (AvgIpc) is 2.80. The number of hydrogen-bond acceptors (Lipinski definition) is 3. The Bertz CT molecular complexity index is 1070. The van der Waals surface area contributed by atoms with Gasteiger partial charge in [0.15, 0.2) is 0 Å². The van der Waals surface area contributed by atoms with Crippen molar-refractivity contribution < 1.29 is 13.9 Å². The van der Waals surface area contributed by atoms with Gasteiger partial charge in [0.1, 0.15) is 11.6 Å². The zero-order valence-electron chi connectivity index (χ0n) is 18.9. The molecule has 1 fully saturated rings. The maximum Gasteiger partial charge on any atom is 0.216 e. The second kappa shape index (κ2) is 11.4. The van der Waals surface area contributed by atoms with Crippen molar-refractivity contribution in [2.75, 3.05) is 6.54 Å². The van der Waals surface area contributed by atoms with Crippen molar-refractivity contribution in [2.45, 2.75) is 55.3 Å². The fraction of sp³-hybridized carbons (Fsp3) is 0.321. The molecule has 3 nitrogen and oxygen atoms in total. The predicted octanol–water partition coefficient (Wildman–Crippen LogP) is 6.65. The van der Waals surface area contributed by atoms with Crippen molar-refractivity contribution in [3.8, 4) is 16.9 Å². The highest BCUT2D eigenvalue weighted by molar-refractivity contribution is 8.00. The Balaban J connectivity index is 1.49. The van der Waals surface area contributed by atoms with Gasteiger partial charge in [-0.3, -0.25) is 4.79 Å². The molecule has 33 heavy (non-hydrogen) atoms. The number of carbonyl (C=O) groups excluding carboxylic acids is 1. The van der Waals surface area contributed by atoms with Crippen LogP contribution in [0.25, 0.3) is 11.1 Å². The fourth-order valence-electron chi connectivity index (χ4n) is 4.34. The first kappa shape index (κ1) is 23.4. The Hall–Kier alpha value is -2.79. The minimum Gasteiger partial charge on any atom is -0.490 e. The van der Waals surface area contributed by atoms with Crippen LogP contribution in [0.15, 0.2) is 77.7 Å². The molecular weight excluding hydrogens is 433 g/mol. The molecule has 1 saturated carbocycles. The van der Waals surface area contributed by atoms with Crippen LogP contribution in [-0.2, 0) is 11.2 Å². The fourth-order valence-corrected chi connectivity index (χ4v) is 5.64. The van der Waals surface area contributed by atoms with Crippen LogP contribution in [0.5, 0.6) is 5.75 Å².